The zero-order valence-electron chi connectivity index (χ0n) is 13.4. The average molecular weight is 348 g/mol. The van der Waals surface area contributed by atoms with E-state index in [-0.39, 0.29) is 5.91 Å². The molecule has 3 aromatic rings. The fourth-order valence-electron chi connectivity index (χ4n) is 2.30. The van der Waals surface area contributed by atoms with Crippen LogP contribution in [0.2, 0.25) is 5.02 Å². The average Bonchev–Trinajstić information content (AvgIpc) is 3.15. The lowest BCUT2D eigenvalue weighted by Crippen LogP contribution is -2.21. The van der Waals surface area contributed by atoms with Gasteiger partial charge in [0.2, 0.25) is 5.91 Å². The smallest absolute Gasteiger partial charge is 0.220 e. The summed E-state index contributed by atoms with van der Waals surface area (Å²) in [6.45, 7) is 4.55. The molecule has 0 unspecified atom stereocenters. The van der Waals surface area contributed by atoms with Crippen LogP contribution >= 0.6 is 11.6 Å². The summed E-state index contributed by atoms with van der Waals surface area (Å²) >= 11 is 6.28. The van der Waals surface area contributed by atoms with E-state index in [9.17, 15) is 4.79 Å². The number of aromatic nitrogens is 3. The summed E-state index contributed by atoms with van der Waals surface area (Å²) in [5, 5.41) is 11.3. The van der Waals surface area contributed by atoms with Gasteiger partial charge in [-0.15, -0.1) is 0 Å². The fraction of sp³-hybridized carbons (Fsp3) is 0.312. The van der Waals surface area contributed by atoms with E-state index < -0.39 is 0 Å². The molecule has 3 heterocycles. The minimum Gasteiger partial charge on any atom is -0.363 e. The molecule has 8 heteroatoms. The van der Waals surface area contributed by atoms with Gasteiger partial charge in [0.25, 0.3) is 0 Å². The molecule has 0 aliphatic heterocycles. The third-order valence-electron chi connectivity index (χ3n) is 3.53. The molecular weight excluding hydrogens is 330 g/mol. The number of H-pyrrole nitrogens is 1. The normalized spacial score (nSPS) is 11.0. The van der Waals surface area contributed by atoms with Crippen molar-refractivity contribution in [2.24, 2.45) is 0 Å². The van der Waals surface area contributed by atoms with Crippen LogP contribution in [0.1, 0.15) is 30.5 Å². The number of hydrogen-bond donors (Lipinski definition) is 3. The number of pyridine rings is 1. The van der Waals surface area contributed by atoms with Crippen LogP contribution in [0.15, 0.2) is 22.7 Å². The maximum Gasteiger partial charge on any atom is 0.220 e. The minimum absolute atomic E-state index is 0.00455. The van der Waals surface area contributed by atoms with E-state index in [1.54, 1.807) is 0 Å². The molecule has 126 valence electrons. The number of fused-ring (bicyclic) bond motifs is 1. The van der Waals surface area contributed by atoms with E-state index in [2.05, 4.69) is 25.8 Å². The third-order valence-corrected chi connectivity index (χ3v) is 3.81. The zero-order chi connectivity index (χ0) is 17.1. The number of anilines is 1. The Morgan fingerprint density at radius 2 is 2.17 bits per heavy atom. The second-order valence-electron chi connectivity index (χ2n) is 5.46. The summed E-state index contributed by atoms with van der Waals surface area (Å²) in [4.78, 5) is 19.0. The lowest BCUT2D eigenvalue weighted by atomic mass is 10.3. The number of aryl methyl sites for hydroxylation is 1. The third kappa shape index (κ3) is 3.68. The monoisotopic (exact) mass is 347 g/mol. The molecule has 0 radical (unpaired) electrons. The van der Waals surface area contributed by atoms with Crippen molar-refractivity contribution in [1.29, 1.82) is 0 Å². The van der Waals surface area contributed by atoms with Gasteiger partial charge in [-0.25, -0.2) is 4.98 Å². The number of nitrogens with one attached hydrogen (secondary N) is 3. The Bertz CT molecular complexity index is 871. The van der Waals surface area contributed by atoms with Crippen molar-refractivity contribution < 1.29 is 9.32 Å². The first-order chi connectivity index (χ1) is 11.5. The summed E-state index contributed by atoms with van der Waals surface area (Å²) in [6.07, 6.45) is 0.458. The Hall–Kier alpha value is -2.54. The molecule has 1 amide bonds. The van der Waals surface area contributed by atoms with E-state index in [0.29, 0.717) is 36.0 Å². The van der Waals surface area contributed by atoms with E-state index in [4.69, 9.17) is 16.1 Å². The SMILES string of the molecule is CCC(=O)NCc1cc2cc(Cl)c(NCc3cc(C)on3)nc2[nH]1. The van der Waals surface area contributed by atoms with E-state index >= 15 is 0 Å². The van der Waals surface area contributed by atoms with Crippen LogP contribution < -0.4 is 10.6 Å². The second kappa shape index (κ2) is 6.92. The van der Waals surface area contributed by atoms with Gasteiger partial charge in [0.15, 0.2) is 0 Å². The summed E-state index contributed by atoms with van der Waals surface area (Å²) in [6, 6.07) is 5.61. The first kappa shape index (κ1) is 16.3. The van der Waals surface area contributed by atoms with Crippen LogP contribution in [-0.4, -0.2) is 21.0 Å². The van der Waals surface area contributed by atoms with Gasteiger partial charge in [0.05, 0.1) is 18.1 Å². The van der Waals surface area contributed by atoms with Gasteiger partial charge in [0, 0.05) is 23.6 Å². The van der Waals surface area contributed by atoms with Gasteiger partial charge in [-0.3, -0.25) is 4.79 Å². The van der Waals surface area contributed by atoms with Crippen molar-refractivity contribution in [3.8, 4) is 0 Å². The highest BCUT2D eigenvalue weighted by molar-refractivity contribution is 6.33. The van der Waals surface area contributed by atoms with Gasteiger partial charge in [0.1, 0.15) is 22.9 Å². The summed E-state index contributed by atoms with van der Waals surface area (Å²) in [7, 11) is 0. The molecule has 0 aliphatic carbocycles. The molecule has 3 aromatic heterocycles. The van der Waals surface area contributed by atoms with Crippen molar-refractivity contribution in [3.05, 3.63) is 40.4 Å². The van der Waals surface area contributed by atoms with Crippen LogP contribution in [0, 0.1) is 6.92 Å². The number of nitrogens with zero attached hydrogens (tertiary/aromatic N) is 2. The quantitative estimate of drug-likeness (QED) is 0.636. The van der Waals surface area contributed by atoms with Gasteiger partial charge in [-0.2, -0.15) is 0 Å². The minimum atomic E-state index is 0.00455. The molecule has 7 nitrogen and oxygen atoms in total. The summed E-state index contributed by atoms with van der Waals surface area (Å²) in [5.41, 5.74) is 2.36. The molecule has 0 aliphatic rings. The highest BCUT2D eigenvalue weighted by Crippen LogP contribution is 2.25. The van der Waals surface area contributed by atoms with Crippen molar-refractivity contribution >= 4 is 34.4 Å². The number of carbonyl (C=O) groups excluding carboxylic acids is 1. The molecule has 24 heavy (non-hydrogen) atoms. The molecule has 0 spiro atoms. The Morgan fingerprint density at radius 1 is 1.33 bits per heavy atom. The van der Waals surface area contributed by atoms with Crippen LogP contribution in [0.4, 0.5) is 5.82 Å². The lowest BCUT2D eigenvalue weighted by molar-refractivity contribution is -0.120. The van der Waals surface area contributed by atoms with Crippen LogP contribution in [0.25, 0.3) is 11.0 Å². The van der Waals surface area contributed by atoms with Crippen LogP contribution in [0.5, 0.6) is 0 Å². The van der Waals surface area contributed by atoms with Crippen molar-refractivity contribution in [2.75, 3.05) is 5.32 Å². The summed E-state index contributed by atoms with van der Waals surface area (Å²) < 4.78 is 5.03. The number of amides is 1. The topological polar surface area (TPSA) is 95.8 Å². The molecule has 0 aromatic carbocycles. The molecule has 3 rings (SSSR count). The summed E-state index contributed by atoms with van der Waals surface area (Å²) in [5.74, 6) is 1.32. The molecule has 0 fully saturated rings. The number of aromatic amines is 1. The molecular formula is C16H18ClN5O2. The van der Waals surface area contributed by atoms with Gasteiger partial charge in [-0.05, 0) is 19.1 Å². The molecule has 0 saturated carbocycles. The predicted molar refractivity (Wildman–Crippen MR) is 91.8 cm³/mol. The largest absolute Gasteiger partial charge is 0.363 e. The Morgan fingerprint density at radius 3 is 2.88 bits per heavy atom. The molecule has 0 atom stereocenters. The Kier molecular flexibility index (Phi) is 4.71. The maximum atomic E-state index is 11.3. The molecule has 0 saturated heterocycles. The lowest BCUT2D eigenvalue weighted by Gasteiger charge is -2.05. The Labute approximate surface area is 143 Å². The second-order valence-corrected chi connectivity index (χ2v) is 5.87. The highest BCUT2D eigenvalue weighted by Gasteiger charge is 2.10. The maximum absolute atomic E-state index is 11.3. The van der Waals surface area contributed by atoms with Gasteiger partial charge in [-0.1, -0.05) is 23.7 Å². The van der Waals surface area contributed by atoms with Crippen LogP contribution in [-0.2, 0) is 17.9 Å². The Balaban J connectivity index is 1.74. The van der Waals surface area contributed by atoms with Crippen molar-refractivity contribution in [3.63, 3.8) is 0 Å². The van der Waals surface area contributed by atoms with E-state index in [1.807, 2.05) is 32.0 Å². The first-order valence-electron chi connectivity index (χ1n) is 7.66. The number of halogens is 1. The van der Waals surface area contributed by atoms with Crippen molar-refractivity contribution in [2.45, 2.75) is 33.4 Å². The van der Waals surface area contributed by atoms with Crippen molar-refractivity contribution in [1.82, 2.24) is 20.4 Å². The number of carbonyl (C=O) groups is 1. The molecule has 3 N–H and O–H groups in total. The zero-order valence-corrected chi connectivity index (χ0v) is 14.2. The van der Waals surface area contributed by atoms with E-state index in [0.717, 1.165) is 22.5 Å². The van der Waals surface area contributed by atoms with Gasteiger partial charge >= 0.3 is 0 Å². The predicted octanol–water partition coefficient (Wildman–Crippen LogP) is 3.15. The molecule has 0 bridgehead atoms. The van der Waals surface area contributed by atoms with E-state index in [1.165, 1.54) is 0 Å². The fourth-order valence-corrected chi connectivity index (χ4v) is 2.53. The number of hydrogen-bond acceptors (Lipinski definition) is 5. The highest BCUT2D eigenvalue weighted by atomic mass is 35.5. The first-order valence-corrected chi connectivity index (χ1v) is 8.04. The number of rotatable bonds is 6. The van der Waals surface area contributed by atoms with Crippen LogP contribution in [0.3, 0.4) is 0 Å². The van der Waals surface area contributed by atoms with Gasteiger partial charge < -0.3 is 20.1 Å². The standard InChI is InChI=1S/C16H18ClN5O2/c1-3-14(23)18-7-11-5-10-6-13(17)16(21-15(10)20-11)19-8-12-4-9(2)24-22-12/h4-6H,3,7-8H2,1-2H3,(H,18,23)(H2,19,20,21).